The molecule has 1 aromatic heterocycles. The minimum absolute atomic E-state index is 0.0575. The van der Waals surface area contributed by atoms with E-state index in [1.807, 2.05) is 0 Å². The molecule has 0 bridgehead atoms. The van der Waals surface area contributed by atoms with Gasteiger partial charge >= 0.3 is 6.18 Å². The molecule has 7 heteroatoms. The van der Waals surface area contributed by atoms with E-state index in [-0.39, 0.29) is 24.3 Å². The molecular formula is C15H15F3N2O2. The molecule has 2 rings (SSSR count). The van der Waals surface area contributed by atoms with Crippen molar-refractivity contribution in [2.24, 2.45) is 5.73 Å². The Morgan fingerprint density at radius 2 is 2.00 bits per heavy atom. The number of alkyl halides is 3. The fourth-order valence-electron chi connectivity index (χ4n) is 1.82. The Morgan fingerprint density at radius 1 is 1.23 bits per heavy atom. The molecule has 22 heavy (non-hydrogen) atoms. The van der Waals surface area contributed by atoms with Gasteiger partial charge in [-0.25, -0.2) is 4.98 Å². The lowest BCUT2D eigenvalue weighted by atomic mass is 10.1. The number of benzene rings is 1. The maximum atomic E-state index is 12.6. The molecule has 2 aromatic rings. The number of aliphatic hydroxyl groups is 1. The van der Waals surface area contributed by atoms with Crippen molar-refractivity contribution in [2.75, 3.05) is 6.61 Å². The van der Waals surface area contributed by atoms with Crippen LogP contribution >= 0.6 is 0 Å². The second-order valence-corrected chi connectivity index (χ2v) is 4.78. The summed E-state index contributed by atoms with van der Waals surface area (Å²) in [6.07, 6.45) is -2.46. The van der Waals surface area contributed by atoms with Crippen LogP contribution in [0.4, 0.5) is 13.2 Å². The van der Waals surface area contributed by atoms with Crippen LogP contribution in [0.15, 0.2) is 42.6 Å². The quantitative estimate of drug-likeness (QED) is 0.891. The van der Waals surface area contributed by atoms with E-state index in [1.165, 1.54) is 18.3 Å². The monoisotopic (exact) mass is 312 g/mol. The maximum Gasteiger partial charge on any atom is 0.416 e. The van der Waals surface area contributed by atoms with Crippen molar-refractivity contribution in [1.29, 1.82) is 0 Å². The molecule has 1 heterocycles. The molecule has 118 valence electrons. The summed E-state index contributed by atoms with van der Waals surface area (Å²) in [4.78, 5) is 4.01. The zero-order valence-electron chi connectivity index (χ0n) is 11.5. The van der Waals surface area contributed by atoms with Crippen LogP contribution in [-0.4, -0.2) is 22.7 Å². The third-order valence-electron chi connectivity index (χ3n) is 2.91. The van der Waals surface area contributed by atoms with Gasteiger partial charge in [-0.3, -0.25) is 0 Å². The molecule has 0 radical (unpaired) electrons. The Bertz CT molecular complexity index is 615. The highest BCUT2D eigenvalue weighted by Gasteiger charge is 2.30. The van der Waals surface area contributed by atoms with Gasteiger partial charge in [-0.05, 0) is 30.2 Å². The summed E-state index contributed by atoms with van der Waals surface area (Å²) in [5.74, 6) is 0.239. The third-order valence-corrected chi connectivity index (χ3v) is 2.91. The standard InChI is InChI=1S/C15H15F3N2O2/c16-15(17,18)11-2-1-3-13(7-11)22-14-5-4-10(8-20-14)6-12(19)9-21/h1-5,7-8,12,21H,6,9,19H2. The van der Waals surface area contributed by atoms with Crippen LogP contribution in [0.1, 0.15) is 11.1 Å². The van der Waals surface area contributed by atoms with Gasteiger partial charge in [0.15, 0.2) is 0 Å². The fraction of sp³-hybridized carbons (Fsp3) is 0.267. The number of nitrogens with two attached hydrogens (primary N) is 1. The highest BCUT2D eigenvalue weighted by molar-refractivity contribution is 5.33. The molecule has 0 amide bonds. The van der Waals surface area contributed by atoms with Gasteiger partial charge in [-0.2, -0.15) is 13.2 Å². The fourth-order valence-corrected chi connectivity index (χ4v) is 1.82. The van der Waals surface area contributed by atoms with Crippen molar-refractivity contribution < 1.29 is 23.0 Å². The summed E-state index contributed by atoms with van der Waals surface area (Å²) in [6, 6.07) is 7.44. The molecule has 0 aliphatic heterocycles. The average molecular weight is 312 g/mol. The van der Waals surface area contributed by atoms with E-state index in [9.17, 15) is 13.2 Å². The van der Waals surface area contributed by atoms with E-state index in [0.29, 0.717) is 6.42 Å². The van der Waals surface area contributed by atoms with Crippen molar-refractivity contribution in [3.8, 4) is 11.6 Å². The predicted octanol–water partition coefficient (Wildman–Crippen LogP) is 2.75. The number of rotatable bonds is 5. The van der Waals surface area contributed by atoms with Crippen molar-refractivity contribution >= 4 is 0 Å². The molecule has 0 spiro atoms. The summed E-state index contributed by atoms with van der Waals surface area (Å²) in [5, 5.41) is 8.88. The summed E-state index contributed by atoms with van der Waals surface area (Å²) < 4.78 is 43.1. The normalized spacial score (nSPS) is 13.0. The molecule has 1 atom stereocenters. The van der Waals surface area contributed by atoms with Crippen LogP contribution in [0.2, 0.25) is 0 Å². The number of aliphatic hydroxyl groups excluding tert-OH is 1. The minimum Gasteiger partial charge on any atom is -0.439 e. The van der Waals surface area contributed by atoms with Gasteiger partial charge in [0, 0.05) is 18.3 Å². The van der Waals surface area contributed by atoms with E-state index in [4.69, 9.17) is 15.6 Å². The van der Waals surface area contributed by atoms with E-state index in [2.05, 4.69) is 4.98 Å². The summed E-state index contributed by atoms with van der Waals surface area (Å²) in [7, 11) is 0. The van der Waals surface area contributed by atoms with Crippen LogP contribution in [0, 0.1) is 0 Å². The van der Waals surface area contributed by atoms with Crippen LogP contribution in [-0.2, 0) is 12.6 Å². The summed E-state index contributed by atoms with van der Waals surface area (Å²) in [6.45, 7) is -0.136. The molecule has 0 fully saturated rings. The number of pyridine rings is 1. The number of nitrogens with zero attached hydrogens (tertiary/aromatic N) is 1. The Hall–Kier alpha value is -2.12. The number of hydrogen-bond acceptors (Lipinski definition) is 4. The van der Waals surface area contributed by atoms with Crippen LogP contribution in [0.25, 0.3) is 0 Å². The first-order valence-electron chi connectivity index (χ1n) is 6.55. The first-order chi connectivity index (χ1) is 10.4. The molecule has 3 N–H and O–H groups in total. The molecule has 0 aliphatic carbocycles. The molecule has 0 saturated heterocycles. The predicted molar refractivity (Wildman–Crippen MR) is 74.5 cm³/mol. The van der Waals surface area contributed by atoms with Crippen molar-refractivity contribution in [1.82, 2.24) is 4.98 Å². The van der Waals surface area contributed by atoms with Crippen molar-refractivity contribution in [3.05, 3.63) is 53.7 Å². The summed E-state index contributed by atoms with van der Waals surface area (Å²) >= 11 is 0. The smallest absolute Gasteiger partial charge is 0.416 e. The molecule has 0 aliphatic rings. The highest BCUT2D eigenvalue weighted by atomic mass is 19.4. The average Bonchev–Trinajstić information content (AvgIpc) is 2.48. The highest BCUT2D eigenvalue weighted by Crippen LogP contribution is 2.32. The third kappa shape index (κ3) is 4.44. The van der Waals surface area contributed by atoms with E-state index in [0.717, 1.165) is 17.7 Å². The van der Waals surface area contributed by atoms with Gasteiger partial charge < -0.3 is 15.6 Å². The number of ether oxygens (including phenoxy) is 1. The second-order valence-electron chi connectivity index (χ2n) is 4.78. The van der Waals surface area contributed by atoms with E-state index < -0.39 is 11.7 Å². The van der Waals surface area contributed by atoms with Crippen molar-refractivity contribution in [2.45, 2.75) is 18.6 Å². The Balaban J connectivity index is 2.08. The molecule has 0 saturated carbocycles. The summed E-state index contributed by atoms with van der Waals surface area (Å²) in [5.41, 5.74) is 5.63. The van der Waals surface area contributed by atoms with Gasteiger partial charge in [0.1, 0.15) is 5.75 Å². The lowest BCUT2D eigenvalue weighted by molar-refractivity contribution is -0.137. The molecule has 1 aromatic carbocycles. The number of halogens is 3. The van der Waals surface area contributed by atoms with Gasteiger partial charge in [0.25, 0.3) is 0 Å². The number of hydrogen-bond donors (Lipinski definition) is 2. The van der Waals surface area contributed by atoms with Gasteiger partial charge in [0.05, 0.1) is 12.2 Å². The Morgan fingerprint density at radius 3 is 2.59 bits per heavy atom. The topological polar surface area (TPSA) is 68.4 Å². The zero-order chi connectivity index (χ0) is 16.2. The van der Waals surface area contributed by atoms with E-state index in [1.54, 1.807) is 12.1 Å². The zero-order valence-corrected chi connectivity index (χ0v) is 11.5. The van der Waals surface area contributed by atoms with Crippen molar-refractivity contribution in [3.63, 3.8) is 0 Å². The lowest BCUT2D eigenvalue weighted by Gasteiger charge is -2.10. The van der Waals surface area contributed by atoms with E-state index >= 15 is 0 Å². The maximum absolute atomic E-state index is 12.6. The molecule has 1 unspecified atom stereocenters. The SMILES string of the molecule is NC(CO)Cc1ccc(Oc2cccc(C(F)(F)F)c2)nc1. The first kappa shape index (κ1) is 16.3. The van der Waals surface area contributed by atoms with Crippen LogP contribution in [0.5, 0.6) is 11.6 Å². The van der Waals surface area contributed by atoms with Crippen LogP contribution in [0.3, 0.4) is 0 Å². The molecule has 4 nitrogen and oxygen atoms in total. The Labute approximate surface area is 125 Å². The van der Waals surface area contributed by atoms with Crippen LogP contribution < -0.4 is 10.5 Å². The molecular weight excluding hydrogens is 297 g/mol. The van der Waals surface area contributed by atoms with Gasteiger partial charge in [-0.1, -0.05) is 12.1 Å². The largest absolute Gasteiger partial charge is 0.439 e. The first-order valence-corrected chi connectivity index (χ1v) is 6.55. The number of aromatic nitrogens is 1. The minimum atomic E-state index is -4.42. The van der Waals surface area contributed by atoms with Gasteiger partial charge in [0.2, 0.25) is 5.88 Å². The second kappa shape index (κ2) is 6.76. The Kier molecular flexibility index (Phi) is 4.99. The lowest BCUT2D eigenvalue weighted by Crippen LogP contribution is -2.26. The van der Waals surface area contributed by atoms with Gasteiger partial charge in [-0.15, -0.1) is 0 Å².